The van der Waals surface area contributed by atoms with Crippen LogP contribution in [0.4, 0.5) is 5.69 Å². The topological polar surface area (TPSA) is 42.0 Å². The SMILES string of the molecule is O=C(Nc1cccc2cnccc12)[C@H]1C[C@@H]1c1ccccc1. The maximum absolute atomic E-state index is 12.5. The summed E-state index contributed by atoms with van der Waals surface area (Å²) in [5.41, 5.74) is 2.12. The first-order valence-electron chi connectivity index (χ1n) is 7.51. The van der Waals surface area contributed by atoms with Gasteiger partial charge in [0.1, 0.15) is 0 Å². The van der Waals surface area contributed by atoms with E-state index in [-0.39, 0.29) is 11.8 Å². The fourth-order valence-corrected chi connectivity index (χ4v) is 3.01. The van der Waals surface area contributed by atoms with E-state index in [4.69, 9.17) is 0 Å². The highest BCUT2D eigenvalue weighted by atomic mass is 16.2. The normalized spacial score (nSPS) is 19.8. The molecule has 0 spiro atoms. The first-order valence-corrected chi connectivity index (χ1v) is 7.51. The largest absolute Gasteiger partial charge is 0.325 e. The van der Waals surface area contributed by atoms with Crippen LogP contribution in [0.15, 0.2) is 67.0 Å². The number of amides is 1. The number of anilines is 1. The van der Waals surface area contributed by atoms with Gasteiger partial charge in [0.2, 0.25) is 5.91 Å². The molecule has 3 nitrogen and oxygen atoms in total. The second-order valence-corrected chi connectivity index (χ2v) is 5.75. The molecule has 1 fully saturated rings. The van der Waals surface area contributed by atoms with Crippen LogP contribution in [-0.2, 0) is 4.79 Å². The summed E-state index contributed by atoms with van der Waals surface area (Å²) in [5, 5.41) is 5.15. The van der Waals surface area contributed by atoms with E-state index in [1.807, 2.05) is 48.7 Å². The second-order valence-electron chi connectivity index (χ2n) is 5.75. The minimum Gasteiger partial charge on any atom is -0.325 e. The zero-order valence-electron chi connectivity index (χ0n) is 12.1. The summed E-state index contributed by atoms with van der Waals surface area (Å²) in [5.74, 6) is 0.551. The fraction of sp³-hybridized carbons (Fsp3) is 0.158. The molecule has 2 atom stereocenters. The zero-order chi connectivity index (χ0) is 14.9. The third-order valence-corrected chi connectivity index (χ3v) is 4.29. The van der Waals surface area contributed by atoms with E-state index in [2.05, 4.69) is 22.4 Å². The van der Waals surface area contributed by atoms with Crippen molar-refractivity contribution in [2.45, 2.75) is 12.3 Å². The molecule has 22 heavy (non-hydrogen) atoms. The van der Waals surface area contributed by atoms with E-state index >= 15 is 0 Å². The van der Waals surface area contributed by atoms with Crippen molar-refractivity contribution >= 4 is 22.4 Å². The van der Waals surface area contributed by atoms with Gasteiger partial charge in [0, 0.05) is 34.8 Å². The van der Waals surface area contributed by atoms with Crippen molar-refractivity contribution in [3.8, 4) is 0 Å². The lowest BCUT2D eigenvalue weighted by molar-refractivity contribution is -0.117. The van der Waals surface area contributed by atoms with Crippen LogP contribution in [0.25, 0.3) is 10.8 Å². The lowest BCUT2D eigenvalue weighted by Crippen LogP contribution is -2.14. The summed E-state index contributed by atoms with van der Waals surface area (Å²) >= 11 is 0. The molecule has 1 aliphatic rings. The monoisotopic (exact) mass is 288 g/mol. The molecule has 1 amide bonds. The molecule has 0 bridgehead atoms. The van der Waals surface area contributed by atoms with Gasteiger partial charge in [-0.15, -0.1) is 0 Å². The number of hydrogen-bond acceptors (Lipinski definition) is 2. The summed E-state index contributed by atoms with van der Waals surface area (Å²) in [6, 6.07) is 18.1. The van der Waals surface area contributed by atoms with E-state index in [0.29, 0.717) is 5.92 Å². The lowest BCUT2D eigenvalue weighted by Gasteiger charge is -2.08. The average molecular weight is 288 g/mol. The predicted molar refractivity (Wildman–Crippen MR) is 87.7 cm³/mol. The Morgan fingerprint density at radius 3 is 2.77 bits per heavy atom. The Morgan fingerprint density at radius 1 is 1.05 bits per heavy atom. The highest BCUT2D eigenvalue weighted by Gasteiger charge is 2.43. The van der Waals surface area contributed by atoms with Crippen LogP contribution in [0.2, 0.25) is 0 Å². The number of aromatic nitrogens is 1. The van der Waals surface area contributed by atoms with E-state index in [1.54, 1.807) is 6.20 Å². The van der Waals surface area contributed by atoms with Crippen molar-refractivity contribution in [3.63, 3.8) is 0 Å². The van der Waals surface area contributed by atoms with Gasteiger partial charge in [-0.3, -0.25) is 9.78 Å². The van der Waals surface area contributed by atoms with Crippen LogP contribution in [-0.4, -0.2) is 10.9 Å². The van der Waals surface area contributed by atoms with Crippen molar-refractivity contribution in [3.05, 3.63) is 72.6 Å². The van der Waals surface area contributed by atoms with Gasteiger partial charge in [0.05, 0.1) is 0 Å². The van der Waals surface area contributed by atoms with Gasteiger partial charge in [-0.1, -0.05) is 42.5 Å². The quantitative estimate of drug-likeness (QED) is 0.792. The summed E-state index contributed by atoms with van der Waals surface area (Å²) < 4.78 is 0. The van der Waals surface area contributed by atoms with Crippen LogP contribution < -0.4 is 5.32 Å². The van der Waals surface area contributed by atoms with Crippen molar-refractivity contribution in [1.82, 2.24) is 4.98 Å². The fourth-order valence-electron chi connectivity index (χ4n) is 3.01. The molecule has 0 saturated heterocycles. The molecule has 4 rings (SSSR count). The molecule has 0 aliphatic heterocycles. The Balaban J connectivity index is 1.53. The third kappa shape index (κ3) is 2.35. The summed E-state index contributed by atoms with van der Waals surface area (Å²) in [6.45, 7) is 0. The standard InChI is InChI=1S/C19H16N2O/c22-19(17-11-16(17)13-5-2-1-3-6-13)21-18-8-4-7-14-12-20-10-9-15(14)18/h1-10,12,16-17H,11H2,(H,21,22)/t16-,17+/m1/s1. The molecule has 1 saturated carbocycles. The third-order valence-electron chi connectivity index (χ3n) is 4.29. The molecule has 3 aromatic rings. The predicted octanol–water partition coefficient (Wildman–Crippen LogP) is 3.98. The second kappa shape index (κ2) is 5.26. The Kier molecular flexibility index (Phi) is 3.11. The van der Waals surface area contributed by atoms with Gasteiger partial charge in [0.25, 0.3) is 0 Å². The highest BCUT2D eigenvalue weighted by Crippen LogP contribution is 2.48. The molecule has 1 N–H and O–H groups in total. The summed E-state index contributed by atoms with van der Waals surface area (Å²) in [6.07, 6.45) is 4.50. The van der Waals surface area contributed by atoms with Gasteiger partial charge >= 0.3 is 0 Å². The molecule has 3 heteroatoms. The number of pyridine rings is 1. The first-order chi connectivity index (χ1) is 10.8. The van der Waals surface area contributed by atoms with Gasteiger partial charge in [-0.25, -0.2) is 0 Å². The molecule has 2 aromatic carbocycles. The van der Waals surface area contributed by atoms with Crippen LogP contribution in [0.3, 0.4) is 0 Å². The minimum absolute atomic E-state index is 0.0829. The van der Waals surface area contributed by atoms with Crippen molar-refractivity contribution < 1.29 is 4.79 Å². The summed E-state index contributed by atoms with van der Waals surface area (Å²) in [7, 11) is 0. The Labute approximate surface area is 129 Å². The Morgan fingerprint density at radius 2 is 1.91 bits per heavy atom. The molecular weight excluding hydrogens is 272 g/mol. The number of rotatable bonds is 3. The van der Waals surface area contributed by atoms with E-state index in [1.165, 1.54) is 5.56 Å². The van der Waals surface area contributed by atoms with Crippen molar-refractivity contribution in [1.29, 1.82) is 0 Å². The Hall–Kier alpha value is -2.68. The van der Waals surface area contributed by atoms with Crippen molar-refractivity contribution in [2.75, 3.05) is 5.32 Å². The van der Waals surface area contributed by atoms with E-state index in [0.717, 1.165) is 22.9 Å². The number of hydrogen-bond donors (Lipinski definition) is 1. The molecule has 0 unspecified atom stereocenters. The average Bonchev–Trinajstić information content (AvgIpc) is 3.37. The molecule has 1 aromatic heterocycles. The number of carbonyl (C=O) groups excluding carboxylic acids is 1. The van der Waals surface area contributed by atoms with Gasteiger partial charge in [0.15, 0.2) is 0 Å². The highest BCUT2D eigenvalue weighted by molar-refractivity contribution is 6.03. The van der Waals surface area contributed by atoms with Gasteiger partial charge < -0.3 is 5.32 Å². The minimum atomic E-state index is 0.0829. The van der Waals surface area contributed by atoms with E-state index < -0.39 is 0 Å². The number of nitrogens with zero attached hydrogens (tertiary/aromatic N) is 1. The first kappa shape index (κ1) is 13.0. The summed E-state index contributed by atoms with van der Waals surface area (Å²) in [4.78, 5) is 16.6. The Bertz CT molecular complexity index is 824. The molecule has 0 radical (unpaired) electrons. The molecule has 1 heterocycles. The number of nitrogens with one attached hydrogen (secondary N) is 1. The number of fused-ring (bicyclic) bond motifs is 1. The molecule has 1 aliphatic carbocycles. The van der Waals surface area contributed by atoms with Crippen LogP contribution in [0.1, 0.15) is 17.9 Å². The zero-order valence-corrected chi connectivity index (χ0v) is 12.1. The molecular formula is C19H16N2O. The van der Waals surface area contributed by atoms with Gasteiger partial charge in [-0.2, -0.15) is 0 Å². The van der Waals surface area contributed by atoms with Crippen LogP contribution in [0, 0.1) is 5.92 Å². The lowest BCUT2D eigenvalue weighted by atomic mass is 10.1. The van der Waals surface area contributed by atoms with E-state index in [9.17, 15) is 4.79 Å². The van der Waals surface area contributed by atoms with Crippen molar-refractivity contribution in [2.24, 2.45) is 5.92 Å². The van der Waals surface area contributed by atoms with Crippen LogP contribution >= 0.6 is 0 Å². The van der Waals surface area contributed by atoms with Crippen LogP contribution in [0.5, 0.6) is 0 Å². The number of benzene rings is 2. The molecule has 108 valence electrons. The maximum atomic E-state index is 12.5. The van der Waals surface area contributed by atoms with Gasteiger partial charge in [-0.05, 0) is 30.0 Å². The number of carbonyl (C=O) groups is 1. The maximum Gasteiger partial charge on any atom is 0.228 e. The smallest absolute Gasteiger partial charge is 0.228 e.